The lowest BCUT2D eigenvalue weighted by molar-refractivity contribution is 0.0527. The number of hydrogen-bond acceptors (Lipinski definition) is 4. The highest BCUT2D eigenvalue weighted by Gasteiger charge is 2.11. The molecule has 3 aromatic rings. The van der Waals surface area contributed by atoms with Gasteiger partial charge in [0.25, 0.3) is 0 Å². The maximum atomic E-state index is 12.6. The number of nitrogens with one attached hydrogen (secondary N) is 1. The van der Waals surface area contributed by atoms with E-state index in [2.05, 4.69) is 5.32 Å². The number of benzene rings is 3. The molecule has 0 heterocycles. The monoisotopic (exact) mass is 345 g/mol. The van der Waals surface area contributed by atoms with E-state index in [1.54, 1.807) is 31.3 Å². The number of anilines is 1. The van der Waals surface area contributed by atoms with E-state index < -0.39 is 5.97 Å². The van der Waals surface area contributed by atoms with Gasteiger partial charge in [0, 0.05) is 17.8 Å². The van der Waals surface area contributed by atoms with Crippen LogP contribution in [0.4, 0.5) is 5.69 Å². The molecule has 3 aromatic carbocycles. The Labute approximate surface area is 152 Å². The van der Waals surface area contributed by atoms with Gasteiger partial charge >= 0.3 is 5.97 Å². The number of ketones is 1. The van der Waals surface area contributed by atoms with Crippen molar-refractivity contribution in [1.82, 2.24) is 0 Å². The molecule has 0 aliphatic rings. The molecule has 0 aromatic heterocycles. The summed E-state index contributed by atoms with van der Waals surface area (Å²) in [6.45, 7) is 2.07. The Kier molecular flexibility index (Phi) is 5.44. The minimum Gasteiger partial charge on any atom is -0.462 e. The second kappa shape index (κ2) is 8.12. The van der Waals surface area contributed by atoms with Crippen LogP contribution in [0.15, 0.2) is 79.0 Å². The molecule has 0 fully saturated rings. The van der Waals surface area contributed by atoms with E-state index in [-0.39, 0.29) is 5.78 Å². The Balaban J connectivity index is 1.79. The first-order valence-corrected chi connectivity index (χ1v) is 8.42. The summed E-state index contributed by atoms with van der Waals surface area (Å²) in [5.41, 5.74) is 1.66. The fourth-order valence-corrected chi connectivity index (χ4v) is 2.73. The van der Waals surface area contributed by atoms with Crippen LogP contribution in [0.25, 0.3) is 10.8 Å². The SMILES string of the molecule is CCOC(=O)c1ccccc1N/C=C/C(=O)c1cccc2ccccc12. The number of allylic oxidation sites excluding steroid dienone is 1. The smallest absolute Gasteiger partial charge is 0.340 e. The van der Waals surface area contributed by atoms with Crippen LogP contribution in [-0.2, 0) is 4.74 Å². The summed E-state index contributed by atoms with van der Waals surface area (Å²) in [5, 5.41) is 4.93. The fraction of sp³-hybridized carbons (Fsp3) is 0.0909. The largest absolute Gasteiger partial charge is 0.462 e. The Bertz CT molecular complexity index is 971. The molecule has 0 aliphatic heterocycles. The summed E-state index contributed by atoms with van der Waals surface area (Å²) >= 11 is 0. The Morgan fingerprint density at radius 2 is 1.62 bits per heavy atom. The van der Waals surface area contributed by atoms with Crippen LogP contribution >= 0.6 is 0 Å². The predicted molar refractivity (Wildman–Crippen MR) is 103 cm³/mol. The number of esters is 1. The lowest BCUT2D eigenvalue weighted by Gasteiger charge is -2.08. The van der Waals surface area contributed by atoms with Gasteiger partial charge in [-0.3, -0.25) is 4.79 Å². The van der Waals surface area contributed by atoms with Crippen molar-refractivity contribution >= 4 is 28.2 Å². The number of carbonyl (C=O) groups is 2. The lowest BCUT2D eigenvalue weighted by atomic mass is 10.0. The highest BCUT2D eigenvalue weighted by atomic mass is 16.5. The van der Waals surface area contributed by atoms with Crippen molar-refractivity contribution in [3.63, 3.8) is 0 Å². The minimum atomic E-state index is -0.399. The van der Waals surface area contributed by atoms with Crippen molar-refractivity contribution in [2.75, 3.05) is 11.9 Å². The van der Waals surface area contributed by atoms with Gasteiger partial charge in [0.15, 0.2) is 5.78 Å². The van der Waals surface area contributed by atoms with Gasteiger partial charge in [0.2, 0.25) is 0 Å². The quantitative estimate of drug-likeness (QED) is 0.395. The number of para-hydroxylation sites is 1. The minimum absolute atomic E-state index is 0.108. The number of rotatable bonds is 6. The molecule has 0 aliphatic carbocycles. The first kappa shape index (κ1) is 17.4. The normalized spacial score (nSPS) is 10.8. The summed E-state index contributed by atoms with van der Waals surface area (Å²) < 4.78 is 5.04. The summed E-state index contributed by atoms with van der Waals surface area (Å²) in [4.78, 5) is 24.5. The van der Waals surface area contributed by atoms with Gasteiger partial charge in [0.1, 0.15) is 0 Å². The molecule has 0 atom stereocenters. The van der Waals surface area contributed by atoms with Gasteiger partial charge in [-0.25, -0.2) is 4.79 Å². The molecule has 0 saturated heterocycles. The molecule has 4 heteroatoms. The number of fused-ring (bicyclic) bond motifs is 1. The first-order chi connectivity index (χ1) is 12.7. The maximum Gasteiger partial charge on any atom is 0.340 e. The number of hydrogen-bond donors (Lipinski definition) is 1. The summed E-state index contributed by atoms with van der Waals surface area (Å²) in [6.07, 6.45) is 3.01. The van der Waals surface area contributed by atoms with Crippen molar-refractivity contribution in [2.24, 2.45) is 0 Å². The van der Waals surface area contributed by atoms with E-state index in [0.29, 0.717) is 23.4 Å². The van der Waals surface area contributed by atoms with Gasteiger partial charge in [0.05, 0.1) is 17.9 Å². The van der Waals surface area contributed by atoms with Crippen LogP contribution < -0.4 is 5.32 Å². The van der Waals surface area contributed by atoms with Gasteiger partial charge < -0.3 is 10.1 Å². The zero-order valence-electron chi connectivity index (χ0n) is 14.4. The molecular weight excluding hydrogens is 326 g/mol. The molecule has 0 unspecified atom stereocenters. The van der Waals surface area contributed by atoms with Crippen molar-refractivity contribution in [3.8, 4) is 0 Å². The highest BCUT2D eigenvalue weighted by Crippen LogP contribution is 2.20. The molecule has 0 bridgehead atoms. The molecule has 0 spiro atoms. The Hall–Kier alpha value is -3.40. The van der Waals surface area contributed by atoms with Crippen LogP contribution in [0, 0.1) is 0 Å². The summed E-state index contributed by atoms with van der Waals surface area (Å²) in [7, 11) is 0. The van der Waals surface area contributed by atoms with Crippen LogP contribution in [-0.4, -0.2) is 18.4 Å². The maximum absolute atomic E-state index is 12.6. The molecular formula is C22H19NO3. The van der Waals surface area contributed by atoms with E-state index in [4.69, 9.17) is 4.74 Å². The molecule has 1 N–H and O–H groups in total. The van der Waals surface area contributed by atoms with Gasteiger partial charge in [-0.05, 0) is 29.8 Å². The number of ether oxygens (including phenoxy) is 1. The fourth-order valence-electron chi connectivity index (χ4n) is 2.73. The second-order valence-electron chi connectivity index (χ2n) is 5.63. The third kappa shape index (κ3) is 3.81. The predicted octanol–water partition coefficient (Wildman–Crippen LogP) is 4.83. The van der Waals surface area contributed by atoms with Crippen molar-refractivity contribution in [3.05, 3.63) is 90.1 Å². The Morgan fingerprint density at radius 3 is 2.46 bits per heavy atom. The molecule has 26 heavy (non-hydrogen) atoms. The average molecular weight is 345 g/mol. The molecule has 0 saturated carbocycles. The Morgan fingerprint density at radius 1 is 0.923 bits per heavy atom. The van der Waals surface area contributed by atoms with E-state index in [9.17, 15) is 9.59 Å². The van der Waals surface area contributed by atoms with E-state index in [0.717, 1.165) is 10.8 Å². The zero-order chi connectivity index (χ0) is 18.4. The van der Waals surface area contributed by atoms with E-state index >= 15 is 0 Å². The van der Waals surface area contributed by atoms with Crippen LogP contribution in [0.5, 0.6) is 0 Å². The molecule has 130 valence electrons. The van der Waals surface area contributed by atoms with Crippen LogP contribution in [0.1, 0.15) is 27.6 Å². The van der Waals surface area contributed by atoms with Crippen molar-refractivity contribution < 1.29 is 14.3 Å². The van der Waals surface area contributed by atoms with Crippen molar-refractivity contribution in [2.45, 2.75) is 6.92 Å². The van der Waals surface area contributed by atoms with Crippen LogP contribution in [0.2, 0.25) is 0 Å². The second-order valence-corrected chi connectivity index (χ2v) is 5.63. The molecule has 0 amide bonds. The van der Waals surface area contributed by atoms with E-state index in [1.165, 1.54) is 6.08 Å². The van der Waals surface area contributed by atoms with E-state index in [1.807, 2.05) is 48.5 Å². The molecule has 3 rings (SSSR count). The number of carbonyl (C=O) groups excluding carboxylic acids is 2. The standard InChI is InChI=1S/C22H19NO3/c1-2-26-22(25)19-11-5-6-13-20(19)23-15-14-21(24)18-12-7-9-16-8-3-4-10-17(16)18/h3-15,23H,2H2,1H3/b15-14+. The van der Waals surface area contributed by atoms with Crippen molar-refractivity contribution in [1.29, 1.82) is 0 Å². The summed E-state index contributed by atoms with van der Waals surface area (Å²) in [5.74, 6) is -0.507. The van der Waals surface area contributed by atoms with Gasteiger partial charge in [-0.15, -0.1) is 0 Å². The third-order valence-electron chi connectivity index (χ3n) is 3.95. The zero-order valence-corrected chi connectivity index (χ0v) is 14.4. The van der Waals surface area contributed by atoms with Gasteiger partial charge in [-0.1, -0.05) is 54.6 Å². The topological polar surface area (TPSA) is 55.4 Å². The molecule has 0 radical (unpaired) electrons. The first-order valence-electron chi connectivity index (χ1n) is 8.42. The van der Waals surface area contributed by atoms with Crippen LogP contribution in [0.3, 0.4) is 0 Å². The average Bonchev–Trinajstić information content (AvgIpc) is 2.68. The lowest BCUT2D eigenvalue weighted by Crippen LogP contribution is -2.07. The molecule has 4 nitrogen and oxygen atoms in total. The summed E-state index contributed by atoms with van der Waals surface area (Å²) in [6, 6.07) is 20.4. The highest BCUT2D eigenvalue weighted by molar-refractivity contribution is 6.13. The van der Waals surface area contributed by atoms with Gasteiger partial charge in [-0.2, -0.15) is 0 Å². The third-order valence-corrected chi connectivity index (χ3v) is 3.95.